The van der Waals surface area contributed by atoms with Crippen LogP contribution < -0.4 is 10.1 Å². The summed E-state index contributed by atoms with van der Waals surface area (Å²) in [6.07, 6.45) is 0.742. The van der Waals surface area contributed by atoms with Crippen LogP contribution in [0.5, 0.6) is 5.88 Å². The lowest BCUT2D eigenvalue weighted by Crippen LogP contribution is -2.19. The van der Waals surface area contributed by atoms with Gasteiger partial charge in [0, 0.05) is 26.0 Å². The van der Waals surface area contributed by atoms with Crippen molar-refractivity contribution in [3.63, 3.8) is 0 Å². The highest BCUT2D eigenvalue weighted by molar-refractivity contribution is 5.87. The maximum absolute atomic E-state index is 11.0. The highest BCUT2D eigenvalue weighted by Gasteiger charge is 2.14. The molecule has 1 amide bonds. The van der Waals surface area contributed by atoms with Gasteiger partial charge >= 0.3 is 0 Å². The average molecular weight is 314 g/mol. The summed E-state index contributed by atoms with van der Waals surface area (Å²) in [5, 5.41) is 10.5. The first-order valence-electron chi connectivity index (χ1n) is 7.52. The Bertz CT molecular complexity index is 614. The molecule has 2 aromatic rings. The van der Waals surface area contributed by atoms with E-state index in [0.29, 0.717) is 11.7 Å². The van der Waals surface area contributed by atoms with E-state index >= 15 is 0 Å². The van der Waals surface area contributed by atoms with Gasteiger partial charge in [-0.2, -0.15) is 0 Å². The van der Waals surface area contributed by atoms with E-state index in [0.717, 1.165) is 18.5 Å². The fourth-order valence-electron chi connectivity index (χ4n) is 2.11. The standard InChI is InChI=1S/C17H22N4O2/c1-13(22)18-16-9-10-17(20-19-16)23-15(11-12-21(2)3)14-7-5-4-6-8-14/h4-10,15H,11-12H2,1-3H3,(H,18,19,22). The monoisotopic (exact) mass is 314 g/mol. The van der Waals surface area contributed by atoms with Crippen molar-refractivity contribution in [3.05, 3.63) is 48.0 Å². The van der Waals surface area contributed by atoms with Gasteiger partial charge in [-0.1, -0.05) is 30.3 Å². The van der Waals surface area contributed by atoms with Gasteiger partial charge in [-0.3, -0.25) is 4.79 Å². The Morgan fingerprint density at radius 2 is 1.91 bits per heavy atom. The Balaban J connectivity index is 2.09. The van der Waals surface area contributed by atoms with E-state index in [1.54, 1.807) is 12.1 Å². The highest BCUT2D eigenvalue weighted by atomic mass is 16.5. The van der Waals surface area contributed by atoms with Gasteiger partial charge in [-0.05, 0) is 25.7 Å². The second-order valence-corrected chi connectivity index (χ2v) is 5.55. The molecule has 0 fully saturated rings. The third-order valence-electron chi connectivity index (χ3n) is 3.22. The van der Waals surface area contributed by atoms with Crippen LogP contribution in [0.4, 0.5) is 5.82 Å². The molecule has 1 unspecified atom stereocenters. The number of rotatable bonds is 7. The van der Waals surface area contributed by atoms with E-state index in [4.69, 9.17) is 4.74 Å². The Labute approximate surface area is 136 Å². The first-order chi connectivity index (χ1) is 11.0. The van der Waals surface area contributed by atoms with Crippen LogP contribution in [0.15, 0.2) is 42.5 Å². The van der Waals surface area contributed by atoms with Crippen molar-refractivity contribution in [2.45, 2.75) is 19.4 Å². The molecule has 1 aromatic heterocycles. The summed E-state index contributed by atoms with van der Waals surface area (Å²) in [7, 11) is 4.06. The van der Waals surface area contributed by atoms with Crippen molar-refractivity contribution in [1.82, 2.24) is 15.1 Å². The average Bonchev–Trinajstić information content (AvgIpc) is 2.53. The largest absolute Gasteiger partial charge is 0.468 e. The zero-order chi connectivity index (χ0) is 16.7. The lowest BCUT2D eigenvalue weighted by Gasteiger charge is -2.20. The Morgan fingerprint density at radius 1 is 1.17 bits per heavy atom. The van der Waals surface area contributed by atoms with Crippen LogP contribution in [0, 0.1) is 0 Å². The molecule has 1 N–H and O–H groups in total. The molecule has 6 nitrogen and oxygen atoms in total. The number of ether oxygens (including phenoxy) is 1. The molecule has 2 rings (SSSR count). The Morgan fingerprint density at radius 3 is 2.48 bits per heavy atom. The summed E-state index contributed by atoms with van der Waals surface area (Å²) in [6, 6.07) is 13.4. The van der Waals surface area contributed by atoms with Gasteiger partial charge in [0.25, 0.3) is 0 Å². The third-order valence-corrected chi connectivity index (χ3v) is 3.22. The maximum Gasteiger partial charge on any atom is 0.234 e. The van der Waals surface area contributed by atoms with Crippen LogP contribution in [-0.4, -0.2) is 41.6 Å². The number of nitrogens with one attached hydrogen (secondary N) is 1. The minimum absolute atomic E-state index is 0.0977. The number of hydrogen-bond donors (Lipinski definition) is 1. The number of anilines is 1. The number of hydrogen-bond acceptors (Lipinski definition) is 5. The molecule has 0 spiro atoms. The third kappa shape index (κ3) is 5.67. The van der Waals surface area contributed by atoms with Crippen molar-refractivity contribution < 1.29 is 9.53 Å². The molecule has 0 bridgehead atoms. The number of amides is 1. The van der Waals surface area contributed by atoms with E-state index in [-0.39, 0.29) is 12.0 Å². The van der Waals surface area contributed by atoms with Crippen molar-refractivity contribution in [3.8, 4) is 5.88 Å². The second kappa shape index (κ2) is 8.24. The Hall–Kier alpha value is -2.47. The Kier molecular flexibility index (Phi) is 6.05. The van der Waals surface area contributed by atoms with Gasteiger partial charge in [0.2, 0.25) is 11.8 Å². The van der Waals surface area contributed by atoms with Gasteiger partial charge < -0.3 is 15.0 Å². The molecule has 0 aliphatic carbocycles. The van der Waals surface area contributed by atoms with Crippen molar-refractivity contribution >= 4 is 11.7 Å². The van der Waals surface area contributed by atoms with Gasteiger partial charge in [-0.25, -0.2) is 0 Å². The minimum Gasteiger partial charge on any atom is -0.468 e. The van der Waals surface area contributed by atoms with Crippen LogP contribution in [-0.2, 0) is 4.79 Å². The number of carbonyl (C=O) groups excluding carboxylic acids is 1. The van der Waals surface area contributed by atoms with Crippen LogP contribution in [0.1, 0.15) is 25.0 Å². The van der Waals surface area contributed by atoms with Gasteiger partial charge in [0.05, 0.1) is 0 Å². The normalized spacial score (nSPS) is 12.0. The molecule has 122 valence electrons. The summed E-state index contributed by atoms with van der Waals surface area (Å²) in [4.78, 5) is 13.1. The van der Waals surface area contributed by atoms with E-state index in [2.05, 4.69) is 20.4 Å². The van der Waals surface area contributed by atoms with Gasteiger partial charge in [-0.15, -0.1) is 10.2 Å². The zero-order valence-corrected chi connectivity index (χ0v) is 13.7. The molecule has 1 aromatic carbocycles. The summed E-state index contributed by atoms with van der Waals surface area (Å²) in [5.74, 6) is 0.669. The first kappa shape index (κ1) is 16.9. The number of benzene rings is 1. The zero-order valence-electron chi connectivity index (χ0n) is 13.7. The molecule has 6 heteroatoms. The quantitative estimate of drug-likeness (QED) is 0.850. The lowest BCUT2D eigenvalue weighted by molar-refractivity contribution is -0.114. The van der Waals surface area contributed by atoms with E-state index in [9.17, 15) is 4.79 Å². The van der Waals surface area contributed by atoms with Crippen LogP contribution in [0.2, 0.25) is 0 Å². The van der Waals surface area contributed by atoms with E-state index in [1.165, 1.54) is 6.92 Å². The van der Waals surface area contributed by atoms with Crippen LogP contribution >= 0.6 is 0 Å². The molecule has 0 saturated carbocycles. The van der Waals surface area contributed by atoms with Crippen LogP contribution in [0.3, 0.4) is 0 Å². The predicted octanol–water partition coefficient (Wildman–Crippen LogP) is 2.51. The fraction of sp³-hybridized carbons (Fsp3) is 0.353. The second-order valence-electron chi connectivity index (χ2n) is 5.55. The van der Waals surface area contributed by atoms with Crippen LogP contribution in [0.25, 0.3) is 0 Å². The molecule has 23 heavy (non-hydrogen) atoms. The minimum atomic E-state index is -0.180. The van der Waals surface area contributed by atoms with Crippen molar-refractivity contribution in [2.75, 3.05) is 26.0 Å². The maximum atomic E-state index is 11.0. The summed E-state index contributed by atoms with van der Waals surface area (Å²) < 4.78 is 6.00. The molecular weight excluding hydrogens is 292 g/mol. The predicted molar refractivity (Wildman–Crippen MR) is 89.3 cm³/mol. The molecule has 0 saturated heterocycles. The van der Waals surface area contributed by atoms with Crippen molar-refractivity contribution in [2.24, 2.45) is 0 Å². The van der Waals surface area contributed by atoms with E-state index in [1.807, 2.05) is 44.4 Å². The summed E-state index contributed by atoms with van der Waals surface area (Å²) in [5.41, 5.74) is 1.10. The van der Waals surface area contributed by atoms with Crippen molar-refractivity contribution in [1.29, 1.82) is 0 Å². The SMILES string of the molecule is CC(=O)Nc1ccc(OC(CCN(C)C)c2ccccc2)nn1. The fourth-order valence-corrected chi connectivity index (χ4v) is 2.11. The summed E-state index contributed by atoms with van der Waals surface area (Å²) >= 11 is 0. The number of aromatic nitrogens is 2. The smallest absolute Gasteiger partial charge is 0.234 e. The molecular formula is C17H22N4O2. The first-order valence-corrected chi connectivity index (χ1v) is 7.52. The number of nitrogens with zero attached hydrogens (tertiary/aromatic N) is 3. The van der Waals surface area contributed by atoms with Gasteiger partial charge in [0.1, 0.15) is 6.10 Å². The molecule has 1 atom stereocenters. The highest BCUT2D eigenvalue weighted by Crippen LogP contribution is 2.23. The molecule has 1 heterocycles. The molecule has 0 aliphatic heterocycles. The van der Waals surface area contributed by atoms with Gasteiger partial charge in [0.15, 0.2) is 5.82 Å². The lowest BCUT2D eigenvalue weighted by atomic mass is 10.1. The molecule has 0 radical (unpaired) electrons. The van der Waals surface area contributed by atoms with E-state index < -0.39 is 0 Å². The topological polar surface area (TPSA) is 67.3 Å². The summed E-state index contributed by atoms with van der Waals surface area (Å²) in [6.45, 7) is 2.33. The number of carbonyl (C=O) groups is 1. The molecule has 0 aliphatic rings.